The van der Waals surface area contributed by atoms with Gasteiger partial charge in [-0.15, -0.1) is 0 Å². The Morgan fingerprint density at radius 3 is 2.50 bits per heavy atom. The van der Waals surface area contributed by atoms with Crippen LogP contribution in [0.5, 0.6) is 0 Å². The van der Waals surface area contributed by atoms with E-state index in [9.17, 15) is 4.79 Å². The van der Waals surface area contributed by atoms with Crippen molar-refractivity contribution in [2.24, 2.45) is 0 Å². The lowest BCUT2D eigenvalue weighted by Crippen LogP contribution is -2.41. The van der Waals surface area contributed by atoms with Crippen molar-refractivity contribution in [2.75, 3.05) is 7.05 Å². The molecular formula is C8H14N2O2. The van der Waals surface area contributed by atoms with Gasteiger partial charge in [-0.3, -0.25) is 9.69 Å². The zero-order valence-electron chi connectivity index (χ0n) is 7.61. The van der Waals surface area contributed by atoms with E-state index in [4.69, 9.17) is 10.4 Å². The first-order valence-corrected chi connectivity index (χ1v) is 3.82. The standard InChI is InChI=1S/C8H14N2O2/c1-6(4-5-9)10(3)7(2)8(11)12/h6-7H,4H2,1-3H3,(H,11,12). The highest BCUT2D eigenvalue weighted by Gasteiger charge is 2.20. The average molecular weight is 170 g/mol. The molecule has 0 aromatic heterocycles. The van der Waals surface area contributed by atoms with E-state index < -0.39 is 12.0 Å². The Morgan fingerprint density at radius 2 is 2.17 bits per heavy atom. The first-order chi connectivity index (χ1) is 5.50. The summed E-state index contributed by atoms with van der Waals surface area (Å²) in [6, 6.07) is 1.46. The van der Waals surface area contributed by atoms with Crippen LogP contribution in [0.25, 0.3) is 0 Å². The molecule has 1 N–H and O–H groups in total. The van der Waals surface area contributed by atoms with E-state index in [1.165, 1.54) is 0 Å². The molecule has 0 fully saturated rings. The number of carboxylic acid groups (broad SMARTS) is 1. The van der Waals surface area contributed by atoms with Crippen LogP contribution in [0.2, 0.25) is 0 Å². The molecule has 0 spiro atoms. The zero-order chi connectivity index (χ0) is 9.72. The summed E-state index contributed by atoms with van der Waals surface area (Å²) in [6.07, 6.45) is 0.355. The second-order valence-corrected chi connectivity index (χ2v) is 2.89. The Labute approximate surface area is 72.4 Å². The van der Waals surface area contributed by atoms with Crippen LogP contribution in [0.15, 0.2) is 0 Å². The molecule has 0 aromatic carbocycles. The summed E-state index contributed by atoms with van der Waals surface area (Å²) in [5.74, 6) is -0.859. The number of hydrogen-bond donors (Lipinski definition) is 1. The third-order valence-corrected chi connectivity index (χ3v) is 2.05. The van der Waals surface area contributed by atoms with Crippen LogP contribution in [0, 0.1) is 11.3 Å². The topological polar surface area (TPSA) is 64.3 Å². The summed E-state index contributed by atoms with van der Waals surface area (Å²) < 4.78 is 0. The van der Waals surface area contributed by atoms with Crippen molar-refractivity contribution >= 4 is 5.97 Å². The molecule has 0 radical (unpaired) electrons. The predicted octanol–water partition coefficient (Wildman–Crippen LogP) is 0.693. The van der Waals surface area contributed by atoms with Gasteiger partial charge in [0.05, 0.1) is 12.5 Å². The number of carbonyl (C=O) groups is 1. The average Bonchev–Trinajstić information content (AvgIpc) is 2.02. The first-order valence-electron chi connectivity index (χ1n) is 3.82. The second-order valence-electron chi connectivity index (χ2n) is 2.89. The number of likely N-dealkylation sites (N-methyl/N-ethyl adjacent to an activating group) is 1. The highest BCUT2D eigenvalue weighted by Crippen LogP contribution is 2.05. The third-order valence-electron chi connectivity index (χ3n) is 2.05. The maximum Gasteiger partial charge on any atom is 0.320 e. The molecule has 68 valence electrons. The lowest BCUT2D eigenvalue weighted by Gasteiger charge is -2.26. The molecule has 0 aliphatic heterocycles. The molecular weight excluding hydrogens is 156 g/mol. The number of nitriles is 1. The Balaban J connectivity index is 4.10. The van der Waals surface area contributed by atoms with Gasteiger partial charge < -0.3 is 5.11 Å². The van der Waals surface area contributed by atoms with Gasteiger partial charge in [0.1, 0.15) is 6.04 Å². The molecule has 4 nitrogen and oxygen atoms in total. The van der Waals surface area contributed by atoms with Crippen LogP contribution in [0.1, 0.15) is 20.3 Å². The summed E-state index contributed by atoms with van der Waals surface area (Å²) in [5, 5.41) is 17.0. The molecule has 2 unspecified atom stereocenters. The molecule has 0 saturated carbocycles. The SMILES string of the molecule is CC(CC#N)N(C)C(C)C(=O)O. The molecule has 0 aromatic rings. The molecule has 4 heteroatoms. The fraction of sp³-hybridized carbons (Fsp3) is 0.750. The first kappa shape index (κ1) is 10.9. The molecule has 0 aliphatic carbocycles. The van der Waals surface area contributed by atoms with Crippen LogP contribution in [0.3, 0.4) is 0 Å². The van der Waals surface area contributed by atoms with Crippen LogP contribution in [-0.2, 0) is 4.79 Å². The van der Waals surface area contributed by atoms with Gasteiger partial charge in [-0.25, -0.2) is 0 Å². The summed E-state index contributed by atoms with van der Waals surface area (Å²) in [5.41, 5.74) is 0. The maximum absolute atomic E-state index is 10.5. The van der Waals surface area contributed by atoms with Gasteiger partial charge in [-0.2, -0.15) is 5.26 Å². The largest absolute Gasteiger partial charge is 0.480 e. The third kappa shape index (κ3) is 2.89. The van der Waals surface area contributed by atoms with Crippen LogP contribution < -0.4 is 0 Å². The van der Waals surface area contributed by atoms with Crippen LogP contribution in [0.4, 0.5) is 0 Å². The zero-order valence-corrected chi connectivity index (χ0v) is 7.61. The van der Waals surface area contributed by atoms with Gasteiger partial charge in [-0.1, -0.05) is 0 Å². The predicted molar refractivity (Wildman–Crippen MR) is 44.6 cm³/mol. The normalized spacial score (nSPS) is 15.2. The minimum Gasteiger partial charge on any atom is -0.480 e. The highest BCUT2D eigenvalue weighted by atomic mass is 16.4. The molecule has 0 heterocycles. The van der Waals surface area contributed by atoms with Crippen molar-refractivity contribution < 1.29 is 9.90 Å². The van der Waals surface area contributed by atoms with E-state index >= 15 is 0 Å². The van der Waals surface area contributed by atoms with Gasteiger partial charge >= 0.3 is 5.97 Å². The maximum atomic E-state index is 10.5. The number of carboxylic acids is 1. The van der Waals surface area contributed by atoms with E-state index in [0.717, 1.165) is 0 Å². The minimum atomic E-state index is -0.859. The Hall–Kier alpha value is -1.08. The van der Waals surface area contributed by atoms with Crippen LogP contribution in [-0.4, -0.2) is 35.1 Å². The summed E-state index contributed by atoms with van der Waals surface area (Å²) in [6.45, 7) is 3.44. The smallest absolute Gasteiger partial charge is 0.320 e. The van der Waals surface area contributed by atoms with Gasteiger partial charge in [-0.05, 0) is 20.9 Å². The van der Waals surface area contributed by atoms with E-state index in [1.807, 2.05) is 13.0 Å². The van der Waals surface area contributed by atoms with Crippen molar-refractivity contribution in [1.29, 1.82) is 5.26 Å². The number of nitrogens with zero attached hydrogens (tertiary/aromatic N) is 2. The number of hydrogen-bond acceptors (Lipinski definition) is 3. The second kappa shape index (κ2) is 4.73. The van der Waals surface area contributed by atoms with E-state index in [2.05, 4.69) is 0 Å². The quantitative estimate of drug-likeness (QED) is 0.674. The lowest BCUT2D eigenvalue weighted by atomic mass is 10.2. The summed E-state index contributed by atoms with van der Waals surface area (Å²) >= 11 is 0. The molecule has 0 amide bonds. The Kier molecular flexibility index (Phi) is 4.30. The highest BCUT2D eigenvalue weighted by molar-refractivity contribution is 5.72. The minimum absolute atomic E-state index is 0.0129. The van der Waals surface area contributed by atoms with Gasteiger partial charge in [0.25, 0.3) is 0 Å². The van der Waals surface area contributed by atoms with Gasteiger partial charge in [0, 0.05) is 6.04 Å². The number of rotatable bonds is 4. The summed E-state index contributed by atoms with van der Waals surface area (Å²) in [4.78, 5) is 12.2. The molecule has 0 bridgehead atoms. The fourth-order valence-electron chi connectivity index (χ4n) is 0.832. The van der Waals surface area contributed by atoms with Crippen LogP contribution >= 0.6 is 0 Å². The Bertz CT molecular complexity index is 198. The van der Waals surface area contributed by atoms with Crippen molar-refractivity contribution in [1.82, 2.24) is 4.90 Å². The molecule has 2 atom stereocenters. The van der Waals surface area contributed by atoms with Crippen molar-refractivity contribution in [2.45, 2.75) is 32.4 Å². The van der Waals surface area contributed by atoms with E-state index in [1.54, 1.807) is 18.9 Å². The number of aliphatic carboxylic acids is 1. The molecule has 0 rings (SSSR count). The monoisotopic (exact) mass is 170 g/mol. The Morgan fingerprint density at radius 1 is 1.67 bits per heavy atom. The van der Waals surface area contributed by atoms with Crippen molar-refractivity contribution in [3.05, 3.63) is 0 Å². The fourth-order valence-corrected chi connectivity index (χ4v) is 0.832. The molecule has 0 saturated heterocycles. The molecule has 12 heavy (non-hydrogen) atoms. The summed E-state index contributed by atoms with van der Waals surface area (Å²) in [7, 11) is 1.71. The van der Waals surface area contributed by atoms with Crippen molar-refractivity contribution in [3.63, 3.8) is 0 Å². The van der Waals surface area contributed by atoms with Crippen molar-refractivity contribution in [3.8, 4) is 6.07 Å². The van der Waals surface area contributed by atoms with Gasteiger partial charge in [0.15, 0.2) is 0 Å². The lowest BCUT2D eigenvalue weighted by molar-refractivity contribution is -0.142. The van der Waals surface area contributed by atoms with Gasteiger partial charge in [0.2, 0.25) is 0 Å². The van der Waals surface area contributed by atoms with E-state index in [-0.39, 0.29) is 6.04 Å². The molecule has 0 aliphatic rings. The van der Waals surface area contributed by atoms with E-state index in [0.29, 0.717) is 6.42 Å².